The zero-order chi connectivity index (χ0) is 6.57. The van der Waals surface area contributed by atoms with Gasteiger partial charge in [-0.15, -0.1) is 0 Å². The van der Waals surface area contributed by atoms with Crippen molar-refractivity contribution in [2.24, 2.45) is 0 Å². The topological polar surface area (TPSA) is 37.3 Å². The third-order valence-corrected chi connectivity index (χ3v) is 0.675. The van der Waals surface area contributed by atoms with E-state index in [0.29, 0.717) is 6.42 Å². The molecule has 2 heteroatoms. The highest BCUT2D eigenvalue weighted by Gasteiger charge is 1.96. The van der Waals surface area contributed by atoms with Crippen LogP contribution in [0.5, 0.6) is 0 Å². The van der Waals surface area contributed by atoms with Crippen molar-refractivity contribution in [2.45, 2.75) is 13.3 Å². The molecular formula is C6H10O2. The Morgan fingerprint density at radius 2 is 2.25 bits per heavy atom. The van der Waals surface area contributed by atoms with E-state index in [0.717, 1.165) is 5.57 Å². The van der Waals surface area contributed by atoms with Crippen molar-refractivity contribution >= 4 is 5.78 Å². The van der Waals surface area contributed by atoms with Gasteiger partial charge in [-0.05, 0) is 6.92 Å². The number of hydrogen-bond acceptors (Lipinski definition) is 2. The van der Waals surface area contributed by atoms with Crippen LogP contribution >= 0.6 is 0 Å². The van der Waals surface area contributed by atoms with E-state index < -0.39 is 0 Å². The minimum atomic E-state index is -0.368. The number of aliphatic hydroxyl groups is 1. The molecule has 2 nitrogen and oxygen atoms in total. The first-order valence-corrected chi connectivity index (χ1v) is 2.43. The van der Waals surface area contributed by atoms with Crippen LogP contribution < -0.4 is 0 Å². The first-order chi connectivity index (χ1) is 3.66. The lowest BCUT2D eigenvalue weighted by Gasteiger charge is -1.91. The number of hydrogen-bond donors (Lipinski definition) is 1. The van der Waals surface area contributed by atoms with E-state index in [4.69, 9.17) is 5.11 Å². The second-order valence-electron chi connectivity index (χ2n) is 1.83. The van der Waals surface area contributed by atoms with Crippen molar-refractivity contribution < 1.29 is 9.90 Å². The van der Waals surface area contributed by atoms with Crippen LogP contribution in [0.25, 0.3) is 0 Å². The van der Waals surface area contributed by atoms with Crippen molar-refractivity contribution in [1.82, 2.24) is 0 Å². The summed E-state index contributed by atoms with van der Waals surface area (Å²) in [6.07, 6.45) is 0.302. The van der Waals surface area contributed by atoms with Crippen LogP contribution in [0.4, 0.5) is 0 Å². The van der Waals surface area contributed by atoms with E-state index in [2.05, 4.69) is 6.58 Å². The molecule has 0 aromatic rings. The van der Waals surface area contributed by atoms with Gasteiger partial charge in [-0.3, -0.25) is 4.79 Å². The molecule has 1 N–H and O–H groups in total. The molecule has 8 heavy (non-hydrogen) atoms. The summed E-state index contributed by atoms with van der Waals surface area (Å²) in [6, 6.07) is 0. The molecule has 0 saturated carbocycles. The molecule has 0 amide bonds. The maximum atomic E-state index is 10.3. The van der Waals surface area contributed by atoms with Gasteiger partial charge in [0, 0.05) is 6.42 Å². The van der Waals surface area contributed by atoms with Crippen LogP contribution in [0.2, 0.25) is 0 Å². The Kier molecular flexibility index (Phi) is 3.12. The van der Waals surface area contributed by atoms with Crippen LogP contribution in [-0.4, -0.2) is 17.5 Å². The molecule has 46 valence electrons. The van der Waals surface area contributed by atoms with E-state index >= 15 is 0 Å². The van der Waals surface area contributed by atoms with Gasteiger partial charge in [0.25, 0.3) is 0 Å². The molecule has 0 unspecified atom stereocenters. The highest BCUT2D eigenvalue weighted by atomic mass is 16.3. The van der Waals surface area contributed by atoms with Crippen LogP contribution in [-0.2, 0) is 4.79 Å². The molecule has 0 atom stereocenters. The second-order valence-corrected chi connectivity index (χ2v) is 1.83. The summed E-state index contributed by atoms with van der Waals surface area (Å²) in [5.74, 6) is -0.169. The molecule has 0 heterocycles. The van der Waals surface area contributed by atoms with Gasteiger partial charge in [0.05, 0.1) is 0 Å². The zero-order valence-corrected chi connectivity index (χ0v) is 4.98. The molecule has 0 aliphatic heterocycles. The standard InChI is InChI=1S/C6H10O2/c1-5(2)3-6(8)4-7/h7H,1,3-4H2,2H3. The summed E-state index contributed by atoms with van der Waals surface area (Å²) in [5.41, 5.74) is 0.795. The minimum Gasteiger partial charge on any atom is -0.389 e. The second kappa shape index (κ2) is 3.38. The monoisotopic (exact) mass is 114 g/mol. The van der Waals surface area contributed by atoms with Gasteiger partial charge in [-0.25, -0.2) is 0 Å². The number of carbonyl (C=O) groups is 1. The summed E-state index contributed by atoms with van der Waals surface area (Å²) >= 11 is 0. The normalized spacial score (nSPS) is 8.75. The first kappa shape index (κ1) is 7.37. The summed E-state index contributed by atoms with van der Waals surface area (Å²) in [7, 11) is 0. The summed E-state index contributed by atoms with van der Waals surface area (Å²) in [6.45, 7) is 4.90. The molecule has 0 aliphatic rings. The van der Waals surface area contributed by atoms with Gasteiger partial charge >= 0.3 is 0 Å². The summed E-state index contributed by atoms with van der Waals surface area (Å²) in [5, 5.41) is 8.19. The predicted molar refractivity (Wildman–Crippen MR) is 31.5 cm³/mol. The Morgan fingerprint density at radius 3 is 2.38 bits per heavy atom. The van der Waals surface area contributed by atoms with Gasteiger partial charge in [-0.1, -0.05) is 12.2 Å². The Labute approximate surface area is 48.8 Å². The average Bonchev–Trinajstić information content (AvgIpc) is 1.65. The highest BCUT2D eigenvalue weighted by molar-refractivity contribution is 5.81. The van der Waals surface area contributed by atoms with E-state index in [-0.39, 0.29) is 12.4 Å². The number of Topliss-reactive ketones (excluding diaryl/α,β-unsaturated/α-hetero) is 1. The fraction of sp³-hybridized carbons (Fsp3) is 0.500. The largest absolute Gasteiger partial charge is 0.389 e. The molecule has 0 rings (SSSR count). The van der Waals surface area contributed by atoms with Gasteiger partial charge < -0.3 is 5.11 Å². The van der Waals surface area contributed by atoms with Crippen LogP contribution in [0.1, 0.15) is 13.3 Å². The van der Waals surface area contributed by atoms with Crippen LogP contribution in [0.3, 0.4) is 0 Å². The summed E-state index contributed by atoms with van der Waals surface area (Å²) < 4.78 is 0. The van der Waals surface area contributed by atoms with Crippen molar-refractivity contribution in [2.75, 3.05) is 6.61 Å². The summed E-state index contributed by atoms with van der Waals surface area (Å²) in [4.78, 5) is 10.3. The Hall–Kier alpha value is -0.630. The molecule has 0 aromatic heterocycles. The quantitative estimate of drug-likeness (QED) is 0.543. The van der Waals surface area contributed by atoms with Crippen molar-refractivity contribution in [3.63, 3.8) is 0 Å². The lowest BCUT2D eigenvalue weighted by molar-refractivity contribution is -0.121. The van der Waals surface area contributed by atoms with E-state index in [9.17, 15) is 4.79 Å². The molecular weight excluding hydrogens is 104 g/mol. The minimum absolute atomic E-state index is 0.169. The lowest BCUT2D eigenvalue weighted by Crippen LogP contribution is -2.02. The number of ketones is 1. The van der Waals surface area contributed by atoms with Crippen molar-refractivity contribution in [3.05, 3.63) is 12.2 Å². The van der Waals surface area contributed by atoms with E-state index in [1.807, 2.05) is 0 Å². The Bertz CT molecular complexity index is 105. The average molecular weight is 114 g/mol. The fourth-order valence-electron chi connectivity index (χ4n) is 0.392. The Balaban J connectivity index is 3.40. The van der Waals surface area contributed by atoms with Crippen molar-refractivity contribution in [3.8, 4) is 0 Å². The van der Waals surface area contributed by atoms with Gasteiger partial charge in [0.1, 0.15) is 6.61 Å². The highest BCUT2D eigenvalue weighted by Crippen LogP contribution is 1.94. The molecule has 0 spiro atoms. The molecule has 0 bridgehead atoms. The molecule has 0 fully saturated rings. The number of rotatable bonds is 3. The molecule has 0 aromatic carbocycles. The molecule has 0 radical (unpaired) electrons. The SMILES string of the molecule is C=C(C)CC(=O)CO. The van der Waals surface area contributed by atoms with E-state index in [1.54, 1.807) is 6.92 Å². The van der Waals surface area contributed by atoms with Crippen LogP contribution in [0, 0.1) is 0 Å². The van der Waals surface area contributed by atoms with Gasteiger partial charge in [0.15, 0.2) is 5.78 Å². The molecule has 0 aliphatic carbocycles. The van der Waals surface area contributed by atoms with Crippen molar-refractivity contribution in [1.29, 1.82) is 0 Å². The third-order valence-electron chi connectivity index (χ3n) is 0.675. The molecule has 0 saturated heterocycles. The number of carbonyl (C=O) groups excluding carboxylic acids is 1. The number of aliphatic hydroxyl groups excluding tert-OH is 1. The zero-order valence-electron chi connectivity index (χ0n) is 4.98. The Morgan fingerprint density at radius 1 is 1.75 bits per heavy atom. The number of allylic oxidation sites excluding steroid dienone is 1. The fourth-order valence-corrected chi connectivity index (χ4v) is 0.392. The van der Waals surface area contributed by atoms with E-state index in [1.165, 1.54) is 0 Å². The van der Waals surface area contributed by atoms with Gasteiger partial charge in [-0.2, -0.15) is 0 Å². The third kappa shape index (κ3) is 3.56. The first-order valence-electron chi connectivity index (χ1n) is 2.43. The maximum absolute atomic E-state index is 10.3. The van der Waals surface area contributed by atoms with Gasteiger partial charge in [0.2, 0.25) is 0 Å². The lowest BCUT2D eigenvalue weighted by atomic mass is 10.2. The smallest absolute Gasteiger partial charge is 0.162 e. The maximum Gasteiger partial charge on any atom is 0.162 e. The van der Waals surface area contributed by atoms with Crippen LogP contribution in [0.15, 0.2) is 12.2 Å². The predicted octanol–water partition coefficient (Wildman–Crippen LogP) is 0.514.